The molecule has 0 spiro atoms. The first-order valence-corrected chi connectivity index (χ1v) is 7.70. The van der Waals surface area contributed by atoms with Crippen molar-refractivity contribution in [3.63, 3.8) is 0 Å². The molecule has 0 heterocycles. The van der Waals surface area contributed by atoms with Gasteiger partial charge < -0.3 is 10.2 Å². The molecule has 2 N–H and O–H groups in total. The third-order valence-electron chi connectivity index (χ3n) is 4.51. The van der Waals surface area contributed by atoms with Crippen molar-refractivity contribution in [1.29, 1.82) is 0 Å². The molecule has 2 nitrogen and oxygen atoms in total. The average molecular weight is 308 g/mol. The molecular formula is C21H24O2. The molecule has 2 aromatic rings. The molecule has 0 aliphatic heterocycles. The minimum Gasteiger partial charge on any atom is -0.507 e. The van der Waals surface area contributed by atoms with Crippen molar-refractivity contribution in [2.24, 2.45) is 0 Å². The monoisotopic (exact) mass is 308 g/mol. The number of aromatic hydroxyl groups is 2. The lowest BCUT2D eigenvalue weighted by molar-refractivity contribution is 0.460. The Kier molecular flexibility index (Phi) is 4.65. The van der Waals surface area contributed by atoms with Crippen molar-refractivity contribution in [1.82, 2.24) is 0 Å². The van der Waals surface area contributed by atoms with Gasteiger partial charge in [-0.15, -0.1) is 0 Å². The Bertz CT molecular complexity index is 731. The van der Waals surface area contributed by atoms with Crippen molar-refractivity contribution in [3.05, 3.63) is 69.8 Å². The molecule has 0 aliphatic carbocycles. The van der Waals surface area contributed by atoms with Crippen molar-refractivity contribution in [3.8, 4) is 11.5 Å². The molecule has 0 fully saturated rings. The normalized spacial score (nSPS) is 10.6. The Morgan fingerprint density at radius 3 is 1.39 bits per heavy atom. The van der Waals surface area contributed by atoms with E-state index in [4.69, 9.17) is 0 Å². The van der Waals surface area contributed by atoms with Gasteiger partial charge in [-0.2, -0.15) is 0 Å². The Labute approximate surface area is 138 Å². The lowest BCUT2D eigenvalue weighted by atomic mass is 9.89. The summed E-state index contributed by atoms with van der Waals surface area (Å²) < 4.78 is 0. The van der Waals surface area contributed by atoms with Crippen LogP contribution < -0.4 is 0 Å². The van der Waals surface area contributed by atoms with Gasteiger partial charge in [-0.1, -0.05) is 37.4 Å². The molecule has 0 saturated heterocycles. The summed E-state index contributed by atoms with van der Waals surface area (Å²) in [6.07, 6.45) is 3.81. The van der Waals surface area contributed by atoms with Crippen LogP contribution in [0.4, 0.5) is 0 Å². The Hall–Kier alpha value is -2.48. The van der Waals surface area contributed by atoms with Crippen LogP contribution in [-0.4, -0.2) is 10.2 Å². The molecule has 120 valence electrons. The molecule has 2 aromatic carbocycles. The third kappa shape index (κ3) is 2.89. The molecule has 0 radical (unpaired) electrons. The summed E-state index contributed by atoms with van der Waals surface area (Å²) in [7, 11) is 0. The van der Waals surface area contributed by atoms with Crippen LogP contribution in [-0.2, 0) is 6.42 Å². The molecule has 0 aromatic heterocycles. The van der Waals surface area contributed by atoms with E-state index in [1.807, 2.05) is 39.8 Å². The largest absolute Gasteiger partial charge is 0.507 e. The SMILES string of the molecule is C=Cc1c(C)cc(C)c(Cc2c(C)cc(C)c(C=C)c2O)c1O. The zero-order valence-electron chi connectivity index (χ0n) is 14.3. The molecule has 0 amide bonds. The summed E-state index contributed by atoms with van der Waals surface area (Å²) in [4.78, 5) is 0. The van der Waals surface area contributed by atoms with E-state index in [9.17, 15) is 10.2 Å². The van der Waals surface area contributed by atoms with Crippen LogP contribution in [0.25, 0.3) is 12.2 Å². The fourth-order valence-corrected chi connectivity index (χ4v) is 3.19. The molecule has 2 rings (SSSR count). The second-order valence-electron chi connectivity index (χ2n) is 6.09. The van der Waals surface area contributed by atoms with Gasteiger partial charge in [0.15, 0.2) is 0 Å². The standard InChI is InChI=1S/C21H24O2/c1-7-16-12(3)9-14(5)18(20(16)22)11-19-15(6)10-13(4)17(8-2)21(19)23/h7-10,22-23H,1-2,11H2,3-6H3. The maximum absolute atomic E-state index is 10.6. The second kappa shape index (κ2) is 6.33. The zero-order chi connectivity index (χ0) is 17.3. The van der Waals surface area contributed by atoms with Gasteiger partial charge in [0.25, 0.3) is 0 Å². The summed E-state index contributed by atoms with van der Waals surface area (Å²) in [6.45, 7) is 15.4. The minimum absolute atomic E-state index is 0.247. The van der Waals surface area contributed by atoms with Gasteiger partial charge in [0.05, 0.1) is 0 Å². The maximum Gasteiger partial charge on any atom is 0.126 e. The van der Waals surface area contributed by atoms with E-state index in [2.05, 4.69) is 13.2 Å². The van der Waals surface area contributed by atoms with Crippen LogP contribution in [0.5, 0.6) is 11.5 Å². The van der Waals surface area contributed by atoms with E-state index >= 15 is 0 Å². The molecule has 0 aliphatic rings. The van der Waals surface area contributed by atoms with Crippen molar-refractivity contribution in [2.45, 2.75) is 34.1 Å². The smallest absolute Gasteiger partial charge is 0.126 e. The van der Waals surface area contributed by atoms with E-state index in [1.165, 1.54) is 0 Å². The second-order valence-corrected chi connectivity index (χ2v) is 6.09. The molecule has 0 bridgehead atoms. The summed E-state index contributed by atoms with van der Waals surface area (Å²) in [5.41, 5.74) is 7.14. The van der Waals surface area contributed by atoms with Crippen LogP contribution in [0.3, 0.4) is 0 Å². The lowest BCUT2D eigenvalue weighted by Crippen LogP contribution is -2.00. The first kappa shape index (κ1) is 16.9. The number of aryl methyl sites for hydroxylation is 4. The van der Waals surface area contributed by atoms with E-state index in [-0.39, 0.29) is 11.5 Å². The van der Waals surface area contributed by atoms with Gasteiger partial charge in [0, 0.05) is 28.7 Å². The highest BCUT2D eigenvalue weighted by Gasteiger charge is 2.17. The van der Waals surface area contributed by atoms with Crippen LogP contribution in [0.2, 0.25) is 0 Å². The molecule has 0 saturated carbocycles. The molecule has 0 atom stereocenters. The fourth-order valence-electron chi connectivity index (χ4n) is 3.19. The van der Waals surface area contributed by atoms with Crippen LogP contribution >= 0.6 is 0 Å². The van der Waals surface area contributed by atoms with Gasteiger partial charge in [0.2, 0.25) is 0 Å². The van der Waals surface area contributed by atoms with E-state index in [1.54, 1.807) is 12.2 Å². The van der Waals surface area contributed by atoms with Gasteiger partial charge >= 0.3 is 0 Å². The molecule has 0 unspecified atom stereocenters. The van der Waals surface area contributed by atoms with Gasteiger partial charge in [-0.05, 0) is 49.9 Å². The van der Waals surface area contributed by atoms with E-state index in [0.29, 0.717) is 6.42 Å². The van der Waals surface area contributed by atoms with E-state index in [0.717, 1.165) is 44.5 Å². The highest BCUT2D eigenvalue weighted by atomic mass is 16.3. The third-order valence-corrected chi connectivity index (χ3v) is 4.51. The number of phenolic OH excluding ortho intramolecular Hbond substituents is 2. The summed E-state index contributed by atoms with van der Waals surface area (Å²) in [6, 6.07) is 4.09. The first-order valence-electron chi connectivity index (χ1n) is 7.70. The topological polar surface area (TPSA) is 40.5 Å². The highest BCUT2D eigenvalue weighted by Crippen LogP contribution is 2.36. The van der Waals surface area contributed by atoms with Crippen molar-refractivity contribution in [2.75, 3.05) is 0 Å². The molecular weight excluding hydrogens is 284 g/mol. The summed E-state index contributed by atoms with van der Waals surface area (Å²) in [5.74, 6) is 0.494. The average Bonchev–Trinajstić information content (AvgIpc) is 2.46. The van der Waals surface area contributed by atoms with Crippen LogP contribution in [0.1, 0.15) is 44.5 Å². The molecule has 2 heteroatoms. The minimum atomic E-state index is 0.247. The number of phenols is 2. The predicted octanol–water partition coefficient (Wildman–Crippen LogP) is 5.21. The van der Waals surface area contributed by atoms with Crippen molar-refractivity contribution >= 4 is 12.2 Å². The number of hydrogen-bond acceptors (Lipinski definition) is 2. The van der Waals surface area contributed by atoms with Crippen molar-refractivity contribution < 1.29 is 10.2 Å². The Morgan fingerprint density at radius 2 is 1.09 bits per heavy atom. The summed E-state index contributed by atoms with van der Waals surface area (Å²) >= 11 is 0. The number of rotatable bonds is 4. The highest BCUT2D eigenvalue weighted by molar-refractivity contribution is 5.67. The fraction of sp³-hybridized carbons (Fsp3) is 0.238. The van der Waals surface area contributed by atoms with Crippen LogP contribution in [0.15, 0.2) is 25.3 Å². The Morgan fingerprint density at radius 1 is 0.739 bits per heavy atom. The maximum atomic E-state index is 10.6. The zero-order valence-corrected chi connectivity index (χ0v) is 14.3. The van der Waals surface area contributed by atoms with Crippen LogP contribution in [0, 0.1) is 27.7 Å². The molecule has 23 heavy (non-hydrogen) atoms. The lowest BCUT2D eigenvalue weighted by Gasteiger charge is -2.18. The first-order chi connectivity index (χ1) is 10.8. The number of hydrogen-bond donors (Lipinski definition) is 2. The quantitative estimate of drug-likeness (QED) is 0.814. The Balaban J connectivity index is 2.65. The van der Waals surface area contributed by atoms with Gasteiger partial charge in [0.1, 0.15) is 11.5 Å². The van der Waals surface area contributed by atoms with Gasteiger partial charge in [-0.3, -0.25) is 0 Å². The number of benzene rings is 2. The predicted molar refractivity (Wildman–Crippen MR) is 98.1 cm³/mol. The van der Waals surface area contributed by atoms with Gasteiger partial charge in [-0.25, -0.2) is 0 Å². The summed E-state index contributed by atoms with van der Waals surface area (Å²) in [5, 5.41) is 21.2. The van der Waals surface area contributed by atoms with E-state index < -0.39 is 0 Å².